The summed E-state index contributed by atoms with van der Waals surface area (Å²) >= 11 is 5.80. The summed E-state index contributed by atoms with van der Waals surface area (Å²) in [5.74, 6) is -0.744. The van der Waals surface area contributed by atoms with Crippen molar-refractivity contribution in [2.45, 2.75) is 6.92 Å². The molecule has 0 aliphatic heterocycles. The fourth-order valence-electron chi connectivity index (χ4n) is 1.90. The molecule has 3 nitrogen and oxygen atoms in total. The molecule has 2 rings (SSSR count). The van der Waals surface area contributed by atoms with E-state index in [0.717, 1.165) is 5.56 Å². The van der Waals surface area contributed by atoms with E-state index in [-0.39, 0.29) is 11.4 Å². The van der Waals surface area contributed by atoms with Gasteiger partial charge in [0.1, 0.15) is 0 Å². The van der Waals surface area contributed by atoms with E-state index in [1.54, 1.807) is 30.3 Å². The lowest BCUT2D eigenvalue weighted by Gasteiger charge is -2.06. The number of amides is 1. The molecular formula is C19H16ClNO2. The van der Waals surface area contributed by atoms with Gasteiger partial charge in [0.15, 0.2) is 5.78 Å². The van der Waals surface area contributed by atoms with Gasteiger partial charge in [-0.1, -0.05) is 54.1 Å². The number of halogens is 1. The molecule has 0 unspecified atom stereocenters. The Morgan fingerprint density at radius 3 is 2.26 bits per heavy atom. The maximum absolute atomic E-state index is 12.2. The Balaban J connectivity index is 2.12. The van der Waals surface area contributed by atoms with Crippen molar-refractivity contribution < 1.29 is 9.59 Å². The van der Waals surface area contributed by atoms with Gasteiger partial charge in [-0.2, -0.15) is 0 Å². The highest BCUT2D eigenvalue weighted by molar-refractivity contribution is 6.30. The number of anilines is 1. The molecule has 1 amide bonds. The highest BCUT2D eigenvalue weighted by atomic mass is 35.5. The standard InChI is InChI=1S/C19H16ClNO2/c1-14(22)18(9-5-8-15-6-3-2-4-7-15)19(23)21-17-12-10-16(20)11-13-17/h2-13H,1H3,(H,21,23)/b8-5+,18-9+. The van der Waals surface area contributed by atoms with Crippen LogP contribution in [0.15, 0.2) is 72.3 Å². The van der Waals surface area contributed by atoms with Crippen LogP contribution in [-0.2, 0) is 9.59 Å². The van der Waals surface area contributed by atoms with E-state index in [2.05, 4.69) is 5.32 Å². The molecule has 0 aliphatic rings. The molecule has 0 atom stereocenters. The van der Waals surface area contributed by atoms with Crippen molar-refractivity contribution in [1.29, 1.82) is 0 Å². The first-order valence-corrected chi connectivity index (χ1v) is 7.45. The molecular weight excluding hydrogens is 310 g/mol. The largest absolute Gasteiger partial charge is 0.322 e. The number of carbonyl (C=O) groups excluding carboxylic acids is 2. The fraction of sp³-hybridized carbons (Fsp3) is 0.0526. The average molecular weight is 326 g/mol. The lowest BCUT2D eigenvalue weighted by Crippen LogP contribution is -2.18. The normalized spacial score (nSPS) is 11.5. The Morgan fingerprint density at radius 1 is 1.00 bits per heavy atom. The third kappa shape index (κ3) is 5.24. The zero-order chi connectivity index (χ0) is 16.7. The molecule has 23 heavy (non-hydrogen) atoms. The number of allylic oxidation sites excluding steroid dienone is 2. The molecule has 0 aliphatic carbocycles. The molecule has 0 fully saturated rings. The van der Waals surface area contributed by atoms with Crippen LogP contribution in [-0.4, -0.2) is 11.7 Å². The fourth-order valence-corrected chi connectivity index (χ4v) is 2.03. The summed E-state index contributed by atoms with van der Waals surface area (Å²) in [5.41, 5.74) is 1.66. The van der Waals surface area contributed by atoms with E-state index in [1.165, 1.54) is 13.0 Å². The van der Waals surface area contributed by atoms with Crippen LogP contribution in [0.5, 0.6) is 0 Å². The number of benzene rings is 2. The van der Waals surface area contributed by atoms with Crippen LogP contribution in [0, 0.1) is 0 Å². The number of hydrogen-bond acceptors (Lipinski definition) is 2. The molecule has 2 aromatic carbocycles. The minimum absolute atomic E-state index is 0.0899. The smallest absolute Gasteiger partial charge is 0.259 e. The first-order chi connectivity index (χ1) is 11.1. The van der Waals surface area contributed by atoms with E-state index in [9.17, 15) is 9.59 Å². The molecule has 4 heteroatoms. The average Bonchev–Trinajstić information content (AvgIpc) is 2.54. The van der Waals surface area contributed by atoms with Crippen LogP contribution in [0.2, 0.25) is 5.02 Å². The first kappa shape index (κ1) is 16.7. The molecule has 0 saturated heterocycles. The van der Waals surface area contributed by atoms with Crippen molar-refractivity contribution in [3.8, 4) is 0 Å². The number of Topliss-reactive ketones (excluding diaryl/α,β-unsaturated/α-hetero) is 1. The van der Waals surface area contributed by atoms with E-state index in [1.807, 2.05) is 36.4 Å². The molecule has 0 saturated carbocycles. The highest BCUT2D eigenvalue weighted by Crippen LogP contribution is 2.14. The number of ketones is 1. The first-order valence-electron chi connectivity index (χ1n) is 7.07. The van der Waals surface area contributed by atoms with Crippen LogP contribution in [0.3, 0.4) is 0 Å². The van der Waals surface area contributed by atoms with E-state index < -0.39 is 5.91 Å². The Hall–Kier alpha value is -2.65. The Bertz CT molecular complexity index is 747. The molecule has 2 aromatic rings. The van der Waals surface area contributed by atoms with Gasteiger partial charge in [-0.3, -0.25) is 9.59 Å². The van der Waals surface area contributed by atoms with Gasteiger partial charge in [-0.05, 0) is 42.8 Å². The minimum Gasteiger partial charge on any atom is -0.322 e. The summed E-state index contributed by atoms with van der Waals surface area (Å²) < 4.78 is 0. The van der Waals surface area contributed by atoms with E-state index >= 15 is 0 Å². The van der Waals surface area contributed by atoms with E-state index in [4.69, 9.17) is 11.6 Å². The number of nitrogens with one attached hydrogen (secondary N) is 1. The van der Waals surface area contributed by atoms with Crippen molar-refractivity contribution in [3.63, 3.8) is 0 Å². The zero-order valence-corrected chi connectivity index (χ0v) is 13.4. The predicted molar refractivity (Wildman–Crippen MR) is 94.3 cm³/mol. The van der Waals surface area contributed by atoms with Gasteiger partial charge < -0.3 is 5.32 Å². The molecule has 0 aromatic heterocycles. The van der Waals surface area contributed by atoms with Crippen LogP contribution in [0.25, 0.3) is 6.08 Å². The van der Waals surface area contributed by atoms with Gasteiger partial charge in [0.25, 0.3) is 5.91 Å². The van der Waals surface area contributed by atoms with Crippen molar-refractivity contribution >= 4 is 35.1 Å². The summed E-state index contributed by atoms with van der Waals surface area (Å²) in [7, 11) is 0. The summed E-state index contributed by atoms with van der Waals surface area (Å²) in [6.45, 7) is 1.36. The van der Waals surface area contributed by atoms with Gasteiger partial charge in [0.2, 0.25) is 0 Å². The van der Waals surface area contributed by atoms with Gasteiger partial charge in [-0.25, -0.2) is 0 Å². The topological polar surface area (TPSA) is 46.2 Å². The van der Waals surface area contributed by atoms with Crippen LogP contribution >= 0.6 is 11.6 Å². The second-order valence-electron chi connectivity index (χ2n) is 4.87. The number of rotatable bonds is 5. The highest BCUT2D eigenvalue weighted by Gasteiger charge is 2.13. The molecule has 0 bridgehead atoms. The second kappa shape index (κ2) is 8.11. The molecule has 116 valence electrons. The summed E-state index contributed by atoms with van der Waals surface area (Å²) in [6.07, 6.45) is 5.03. The Labute approximate surface area is 140 Å². The number of carbonyl (C=O) groups is 2. The molecule has 0 radical (unpaired) electrons. The lowest BCUT2D eigenvalue weighted by molar-refractivity contribution is -0.118. The van der Waals surface area contributed by atoms with Crippen LogP contribution in [0.1, 0.15) is 12.5 Å². The third-order valence-electron chi connectivity index (χ3n) is 3.08. The number of hydrogen-bond donors (Lipinski definition) is 1. The molecule has 0 heterocycles. The van der Waals surface area contributed by atoms with E-state index in [0.29, 0.717) is 10.7 Å². The SMILES string of the molecule is CC(=O)/C(=C\C=C\c1ccccc1)C(=O)Nc1ccc(Cl)cc1. The maximum atomic E-state index is 12.2. The summed E-state index contributed by atoms with van der Waals surface area (Å²) in [5, 5.41) is 3.26. The minimum atomic E-state index is -0.447. The van der Waals surface area contributed by atoms with Gasteiger partial charge in [-0.15, -0.1) is 0 Å². The van der Waals surface area contributed by atoms with Crippen LogP contribution < -0.4 is 5.32 Å². The third-order valence-corrected chi connectivity index (χ3v) is 3.33. The lowest BCUT2D eigenvalue weighted by atomic mass is 10.1. The summed E-state index contributed by atoms with van der Waals surface area (Å²) in [6, 6.07) is 16.3. The quantitative estimate of drug-likeness (QED) is 0.380. The van der Waals surface area contributed by atoms with Crippen molar-refractivity contribution in [2.24, 2.45) is 0 Å². The van der Waals surface area contributed by atoms with Gasteiger partial charge >= 0.3 is 0 Å². The van der Waals surface area contributed by atoms with Gasteiger partial charge in [0, 0.05) is 10.7 Å². The zero-order valence-electron chi connectivity index (χ0n) is 12.6. The Kier molecular flexibility index (Phi) is 5.89. The second-order valence-corrected chi connectivity index (χ2v) is 5.30. The van der Waals surface area contributed by atoms with Crippen molar-refractivity contribution in [3.05, 3.63) is 82.9 Å². The molecule has 1 N–H and O–H groups in total. The monoisotopic (exact) mass is 325 g/mol. The Morgan fingerprint density at radius 2 is 1.65 bits per heavy atom. The van der Waals surface area contributed by atoms with Crippen molar-refractivity contribution in [1.82, 2.24) is 0 Å². The molecule has 0 spiro atoms. The summed E-state index contributed by atoms with van der Waals surface area (Å²) in [4.78, 5) is 23.9. The van der Waals surface area contributed by atoms with Crippen molar-refractivity contribution in [2.75, 3.05) is 5.32 Å². The van der Waals surface area contributed by atoms with Gasteiger partial charge in [0.05, 0.1) is 5.57 Å². The van der Waals surface area contributed by atoms with Crippen LogP contribution in [0.4, 0.5) is 5.69 Å². The predicted octanol–water partition coefficient (Wildman–Crippen LogP) is 4.51. The maximum Gasteiger partial charge on any atom is 0.259 e.